The Morgan fingerprint density at radius 3 is 2.57 bits per heavy atom. The van der Waals surface area contributed by atoms with Gasteiger partial charge in [-0.05, 0) is 57.8 Å². The van der Waals surface area contributed by atoms with Crippen LogP contribution in [0.15, 0.2) is 0 Å². The van der Waals surface area contributed by atoms with E-state index in [1.165, 1.54) is 14.0 Å². The molecule has 1 aliphatic carbocycles. The van der Waals surface area contributed by atoms with E-state index in [2.05, 4.69) is 4.74 Å². The molecule has 2 rings (SSSR count). The van der Waals surface area contributed by atoms with Crippen molar-refractivity contribution in [3.63, 3.8) is 0 Å². The van der Waals surface area contributed by atoms with Crippen molar-refractivity contribution < 1.29 is 33.3 Å². The summed E-state index contributed by atoms with van der Waals surface area (Å²) in [5.41, 5.74) is 0. The Balaban J connectivity index is 1.70. The predicted octanol–water partition coefficient (Wildman–Crippen LogP) is 3.32. The molecule has 0 aromatic carbocycles. The van der Waals surface area contributed by atoms with Crippen molar-refractivity contribution in [1.82, 2.24) is 0 Å². The molecule has 1 heterocycles. The fourth-order valence-corrected chi connectivity index (χ4v) is 3.97. The summed E-state index contributed by atoms with van der Waals surface area (Å²) in [7, 11) is 1.35. The quantitative estimate of drug-likeness (QED) is 0.493. The molecule has 2 fully saturated rings. The summed E-state index contributed by atoms with van der Waals surface area (Å²) in [4.78, 5) is 35.1. The first-order chi connectivity index (χ1) is 13.5. The van der Waals surface area contributed by atoms with Crippen LogP contribution >= 0.6 is 0 Å². The fraction of sp³-hybridized carbons (Fsp3) is 0.857. The number of ether oxygens (including phenoxy) is 4. The van der Waals surface area contributed by atoms with Gasteiger partial charge in [-0.2, -0.15) is 0 Å². The van der Waals surface area contributed by atoms with E-state index in [4.69, 9.17) is 14.2 Å². The van der Waals surface area contributed by atoms with Gasteiger partial charge in [0.1, 0.15) is 11.9 Å². The Bertz CT molecular complexity index is 513. The first-order valence-electron chi connectivity index (χ1n) is 10.5. The van der Waals surface area contributed by atoms with E-state index in [1.54, 1.807) is 0 Å². The summed E-state index contributed by atoms with van der Waals surface area (Å²) in [6.07, 6.45) is 7.57. The molecule has 0 N–H and O–H groups in total. The average molecular weight is 398 g/mol. The van der Waals surface area contributed by atoms with E-state index in [9.17, 15) is 14.4 Å². The Labute approximate surface area is 167 Å². The van der Waals surface area contributed by atoms with Gasteiger partial charge in [0, 0.05) is 32.3 Å². The lowest BCUT2D eigenvalue weighted by Gasteiger charge is -2.25. The highest BCUT2D eigenvalue weighted by Gasteiger charge is 2.32. The molecule has 0 spiro atoms. The van der Waals surface area contributed by atoms with Crippen molar-refractivity contribution in [2.24, 2.45) is 5.92 Å². The van der Waals surface area contributed by atoms with Crippen molar-refractivity contribution >= 4 is 17.7 Å². The third-order valence-electron chi connectivity index (χ3n) is 5.50. The van der Waals surface area contributed by atoms with Gasteiger partial charge in [-0.1, -0.05) is 0 Å². The second-order valence-corrected chi connectivity index (χ2v) is 7.77. The van der Waals surface area contributed by atoms with Crippen LogP contribution in [0.5, 0.6) is 0 Å². The second kappa shape index (κ2) is 12.2. The minimum Gasteiger partial charge on any atom is -0.469 e. The van der Waals surface area contributed by atoms with Gasteiger partial charge >= 0.3 is 11.9 Å². The van der Waals surface area contributed by atoms with Crippen molar-refractivity contribution in [3.05, 3.63) is 0 Å². The molecule has 0 aromatic heterocycles. The number of carbonyl (C=O) groups is 3. The Hall–Kier alpha value is -1.47. The highest BCUT2D eigenvalue weighted by atomic mass is 16.7. The maximum absolute atomic E-state index is 12.6. The van der Waals surface area contributed by atoms with Gasteiger partial charge in [0.25, 0.3) is 0 Å². The molecule has 7 heteroatoms. The van der Waals surface area contributed by atoms with Gasteiger partial charge in [-0.3, -0.25) is 14.4 Å². The van der Waals surface area contributed by atoms with E-state index in [0.717, 1.165) is 45.1 Å². The number of carbonyl (C=O) groups excluding carboxylic acids is 3. The van der Waals surface area contributed by atoms with Crippen LogP contribution < -0.4 is 0 Å². The summed E-state index contributed by atoms with van der Waals surface area (Å²) < 4.78 is 21.6. The summed E-state index contributed by atoms with van der Waals surface area (Å²) in [5.74, 6) is -0.420. The number of Topliss-reactive ketones (excluding diaryl/α,β-unsaturated/α-hetero) is 1. The topological polar surface area (TPSA) is 88.1 Å². The summed E-state index contributed by atoms with van der Waals surface area (Å²) in [6.45, 7) is 2.12. The Kier molecular flexibility index (Phi) is 9.92. The molecule has 4 atom stereocenters. The van der Waals surface area contributed by atoms with E-state index in [0.29, 0.717) is 25.7 Å². The van der Waals surface area contributed by atoms with Gasteiger partial charge in [-0.25, -0.2) is 0 Å². The summed E-state index contributed by atoms with van der Waals surface area (Å²) >= 11 is 0. The fourth-order valence-electron chi connectivity index (χ4n) is 3.97. The lowest BCUT2D eigenvalue weighted by molar-refractivity contribution is -0.187. The van der Waals surface area contributed by atoms with Gasteiger partial charge in [0.2, 0.25) is 0 Å². The molecule has 1 aliphatic heterocycles. The van der Waals surface area contributed by atoms with Crippen LogP contribution in [0, 0.1) is 5.92 Å². The zero-order valence-corrected chi connectivity index (χ0v) is 17.2. The third-order valence-corrected chi connectivity index (χ3v) is 5.50. The molecule has 7 nitrogen and oxygen atoms in total. The van der Waals surface area contributed by atoms with Crippen LogP contribution in [-0.2, 0) is 33.3 Å². The molecule has 0 amide bonds. The van der Waals surface area contributed by atoms with Crippen molar-refractivity contribution in [1.29, 1.82) is 0 Å². The molecule has 1 saturated heterocycles. The van der Waals surface area contributed by atoms with Crippen LogP contribution in [-0.4, -0.2) is 49.9 Å². The number of rotatable bonds is 11. The molecule has 0 radical (unpaired) electrons. The first-order valence-corrected chi connectivity index (χ1v) is 10.5. The minimum absolute atomic E-state index is 0.0154. The lowest BCUT2D eigenvalue weighted by atomic mass is 9.96. The standard InChI is InChI=1S/C21H34O7/c1-15(22)27-17(6-5-7-20(24)25-2)11-12-19(23)16-9-10-18(14-16)28-21-8-3-4-13-26-21/h16-18,21H,3-14H2,1-2H3. The smallest absolute Gasteiger partial charge is 0.305 e. The second-order valence-electron chi connectivity index (χ2n) is 7.77. The maximum atomic E-state index is 12.6. The minimum atomic E-state index is -0.364. The molecule has 0 aromatic rings. The number of hydrogen-bond donors (Lipinski definition) is 0. The predicted molar refractivity (Wildman–Crippen MR) is 101 cm³/mol. The highest BCUT2D eigenvalue weighted by molar-refractivity contribution is 5.81. The Morgan fingerprint density at radius 1 is 1.07 bits per heavy atom. The lowest BCUT2D eigenvalue weighted by Crippen LogP contribution is -2.27. The van der Waals surface area contributed by atoms with Gasteiger partial charge < -0.3 is 18.9 Å². The van der Waals surface area contributed by atoms with Crippen LogP contribution in [0.3, 0.4) is 0 Å². The molecule has 28 heavy (non-hydrogen) atoms. The molecule has 4 unspecified atom stereocenters. The number of esters is 2. The van der Waals surface area contributed by atoms with Crippen LogP contribution in [0.4, 0.5) is 0 Å². The summed E-state index contributed by atoms with van der Waals surface area (Å²) in [5, 5.41) is 0. The largest absolute Gasteiger partial charge is 0.469 e. The van der Waals surface area contributed by atoms with Crippen molar-refractivity contribution in [3.8, 4) is 0 Å². The molecule has 1 saturated carbocycles. The van der Waals surface area contributed by atoms with E-state index in [1.807, 2.05) is 0 Å². The number of methoxy groups -OCH3 is 1. The van der Waals surface area contributed by atoms with E-state index < -0.39 is 0 Å². The SMILES string of the molecule is COC(=O)CCCC(CCC(=O)C1CCC(OC2CCCCO2)C1)OC(C)=O. The van der Waals surface area contributed by atoms with Crippen LogP contribution in [0.1, 0.15) is 77.6 Å². The molecule has 0 bridgehead atoms. The van der Waals surface area contributed by atoms with E-state index >= 15 is 0 Å². The third kappa shape index (κ3) is 8.27. The normalized spacial score (nSPS) is 25.9. The first kappa shape index (κ1) is 22.8. The van der Waals surface area contributed by atoms with Gasteiger partial charge in [-0.15, -0.1) is 0 Å². The number of ketones is 1. The average Bonchev–Trinajstić information content (AvgIpc) is 3.14. The molecular weight excluding hydrogens is 364 g/mol. The maximum Gasteiger partial charge on any atom is 0.305 e. The summed E-state index contributed by atoms with van der Waals surface area (Å²) in [6, 6.07) is 0. The van der Waals surface area contributed by atoms with Crippen molar-refractivity contribution in [2.75, 3.05) is 13.7 Å². The van der Waals surface area contributed by atoms with Crippen LogP contribution in [0.2, 0.25) is 0 Å². The van der Waals surface area contributed by atoms with E-state index in [-0.39, 0.29) is 48.6 Å². The van der Waals surface area contributed by atoms with Crippen LogP contribution in [0.25, 0.3) is 0 Å². The highest BCUT2D eigenvalue weighted by Crippen LogP contribution is 2.32. The van der Waals surface area contributed by atoms with Gasteiger partial charge in [0.05, 0.1) is 13.2 Å². The Morgan fingerprint density at radius 2 is 1.89 bits per heavy atom. The van der Waals surface area contributed by atoms with Gasteiger partial charge in [0.15, 0.2) is 6.29 Å². The number of hydrogen-bond acceptors (Lipinski definition) is 7. The zero-order chi connectivity index (χ0) is 20.4. The molecule has 2 aliphatic rings. The molecule has 160 valence electrons. The zero-order valence-electron chi connectivity index (χ0n) is 17.2. The van der Waals surface area contributed by atoms with Crippen molar-refractivity contribution in [2.45, 2.75) is 96.1 Å². The molecular formula is C21H34O7. The monoisotopic (exact) mass is 398 g/mol.